The van der Waals surface area contributed by atoms with Gasteiger partial charge in [0, 0.05) is 10.4 Å². The fourth-order valence-electron chi connectivity index (χ4n) is 2.85. The molecule has 1 atom stereocenters. The lowest BCUT2D eigenvalue weighted by atomic mass is 9.98. The van der Waals surface area contributed by atoms with Gasteiger partial charge in [-0.1, -0.05) is 0 Å². The van der Waals surface area contributed by atoms with E-state index in [0.717, 1.165) is 28.5 Å². The zero-order valence-corrected chi connectivity index (χ0v) is 12.1. The minimum Gasteiger partial charge on any atom is -0.454 e. The highest BCUT2D eigenvalue weighted by atomic mass is 32.1. The molecule has 1 N–H and O–H groups in total. The van der Waals surface area contributed by atoms with Crippen molar-refractivity contribution in [3.63, 3.8) is 0 Å². The third-order valence-electron chi connectivity index (χ3n) is 3.92. The standard InChI is InChI=1S/C15H16N2O2S/c1-16-10-3-2-4-13-14(10)17-15(20-13)9-5-6-11-12(7-9)19-8-18-11/h5-7,10,16H,2-4,8H2,1H3. The van der Waals surface area contributed by atoms with E-state index >= 15 is 0 Å². The molecule has 4 nitrogen and oxygen atoms in total. The Bertz CT molecular complexity index is 653. The van der Waals surface area contributed by atoms with Gasteiger partial charge in [0.2, 0.25) is 6.79 Å². The van der Waals surface area contributed by atoms with E-state index in [1.54, 1.807) is 11.3 Å². The summed E-state index contributed by atoms with van der Waals surface area (Å²) < 4.78 is 10.8. The van der Waals surface area contributed by atoms with Crippen molar-refractivity contribution in [3.05, 3.63) is 28.8 Å². The van der Waals surface area contributed by atoms with Crippen LogP contribution in [0.3, 0.4) is 0 Å². The Hall–Kier alpha value is -1.59. The van der Waals surface area contributed by atoms with Gasteiger partial charge in [-0.25, -0.2) is 4.98 Å². The molecule has 2 aliphatic rings. The number of hydrogen-bond acceptors (Lipinski definition) is 5. The first-order chi connectivity index (χ1) is 9.85. The molecule has 0 saturated heterocycles. The lowest BCUT2D eigenvalue weighted by Gasteiger charge is -2.19. The lowest BCUT2D eigenvalue weighted by Crippen LogP contribution is -2.21. The average molecular weight is 288 g/mol. The predicted octanol–water partition coefficient (Wildman–Crippen LogP) is 3.14. The van der Waals surface area contributed by atoms with Crippen LogP contribution in [0.4, 0.5) is 0 Å². The molecule has 5 heteroatoms. The third kappa shape index (κ3) is 1.89. The second kappa shape index (κ2) is 4.75. The topological polar surface area (TPSA) is 43.4 Å². The van der Waals surface area contributed by atoms with Gasteiger partial charge < -0.3 is 14.8 Å². The van der Waals surface area contributed by atoms with E-state index < -0.39 is 0 Å². The highest BCUT2D eigenvalue weighted by molar-refractivity contribution is 7.15. The molecule has 0 amide bonds. The molecule has 104 valence electrons. The van der Waals surface area contributed by atoms with Gasteiger partial charge in [0.25, 0.3) is 0 Å². The van der Waals surface area contributed by atoms with Crippen molar-refractivity contribution < 1.29 is 9.47 Å². The summed E-state index contributed by atoms with van der Waals surface area (Å²) in [6.07, 6.45) is 3.56. The molecule has 0 spiro atoms. The van der Waals surface area contributed by atoms with Crippen molar-refractivity contribution >= 4 is 11.3 Å². The summed E-state index contributed by atoms with van der Waals surface area (Å²) in [5.41, 5.74) is 2.35. The number of nitrogens with zero attached hydrogens (tertiary/aromatic N) is 1. The second-order valence-corrected chi connectivity index (χ2v) is 6.21. The van der Waals surface area contributed by atoms with Gasteiger partial charge in [0.15, 0.2) is 11.5 Å². The fourth-order valence-corrected chi connectivity index (χ4v) is 4.01. The zero-order chi connectivity index (χ0) is 13.5. The van der Waals surface area contributed by atoms with Gasteiger partial charge in [0.05, 0.1) is 11.7 Å². The summed E-state index contributed by atoms with van der Waals surface area (Å²) in [6, 6.07) is 6.46. The molecular formula is C15H16N2O2S. The molecular weight excluding hydrogens is 272 g/mol. The first-order valence-corrected chi connectivity index (χ1v) is 7.73. The van der Waals surface area contributed by atoms with Crippen LogP contribution >= 0.6 is 11.3 Å². The van der Waals surface area contributed by atoms with E-state index in [0.29, 0.717) is 12.8 Å². The number of aryl methyl sites for hydroxylation is 1. The van der Waals surface area contributed by atoms with Crippen molar-refractivity contribution in [2.45, 2.75) is 25.3 Å². The Morgan fingerprint density at radius 1 is 1.30 bits per heavy atom. The number of thiazole rings is 1. The minimum absolute atomic E-state index is 0.314. The van der Waals surface area contributed by atoms with Gasteiger partial charge in [-0.3, -0.25) is 0 Å². The van der Waals surface area contributed by atoms with Crippen LogP contribution in [0.15, 0.2) is 18.2 Å². The Kier molecular flexibility index (Phi) is 2.89. The lowest BCUT2D eigenvalue weighted by molar-refractivity contribution is 0.174. The quantitative estimate of drug-likeness (QED) is 0.922. The van der Waals surface area contributed by atoms with Crippen LogP contribution in [0.5, 0.6) is 11.5 Å². The summed E-state index contributed by atoms with van der Waals surface area (Å²) in [5.74, 6) is 1.64. The number of aromatic nitrogens is 1. The average Bonchev–Trinajstić information content (AvgIpc) is 3.11. The van der Waals surface area contributed by atoms with Crippen LogP contribution in [-0.2, 0) is 6.42 Å². The number of rotatable bonds is 2. The third-order valence-corrected chi connectivity index (χ3v) is 5.10. The van der Waals surface area contributed by atoms with E-state index in [-0.39, 0.29) is 0 Å². The fraction of sp³-hybridized carbons (Fsp3) is 0.400. The van der Waals surface area contributed by atoms with Crippen LogP contribution in [0.25, 0.3) is 10.6 Å². The highest BCUT2D eigenvalue weighted by Gasteiger charge is 2.24. The smallest absolute Gasteiger partial charge is 0.231 e. The number of benzene rings is 1. The van der Waals surface area contributed by atoms with Gasteiger partial charge in [-0.05, 0) is 44.5 Å². The van der Waals surface area contributed by atoms with Gasteiger partial charge >= 0.3 is 0 Å². The summed E-state index contributed by atoms with van der Waals surface area (Å²) in [4.78, 5) is 6.28. The predicted molar refractivity (Wildman–Crippen MR) is 78.4 cm³/mol. The minimum atomic E-state index is 0.314. The maximum absolute atomic E-state index is 5.45. The summed E-state index contributed by atoms with van der Waals surface area (Å²) in [6.45, 7) is 0.314. The first-order valence-electron chi connectivity index (χ1n) is 6.92. The Morgan fingerprint density at radius 2 is 2.20 bits per heavy atom. The number of fused-ring (bicyclic) bond motifs is 2. The maximum Gasteiger partial charge on any atom is 0.231 e. The molecule has 2 aromatic rings. The van der Waals surface area contributed by atoms with E-state index in [4.69, 9.17) is 14.5 Å². The van der Waals surface area contributed by atoms with Crippen LogP contribution in [0, 0.1) is 0 Å². The van der Waals surface area contributed by atoms with Gasteiger partial charge in [-0.2, -0.15) is 0 Å². The molecule has 0 bridgehead atoms. The number of nitrogens with one attached hydrogen (secondary N) is 1. The number of ether oxygens (including phenoxy) is 2. The maximum atomic E-state index is 5.45. The van der Waals surface area contributed by atoms with Gasteiger partial charge in [-0.15, -0.1) is 11.3 Å². The van der Waals surface area contributed by atoms with Crippen LogP contribution in [0.1, 0.15) is 29.5 Å². The molecule has 0 radical (unpaired) electrons. The first kappa shape index (κ1) is 12.2. The molecule has 1 unspecified atom stereocenters. The molecule has 0 fully saturated rings. The molecule has 4 rings (SSSR count). The Balaban J connectivity index is 1.74. The Labute approximate surface area is 121 Å². The van der Waals surface area contributed by atoms with Crippen LogP contribution in [-0.4, -0.2) is 18.8 Å². The van der Waals surface area contributed by atoms with Gasteiger partial charge in [0.1, 0.15) is 5.01 Å². The van der Waals surface area contributed by atoms with Crippen molar-refractivity contribution in [1.29, 1.82) is 0 Å². The number of hydrogen-bond donors (Lipinski definition) is 1. The molecule has 1 aromatic heterocycles. The second-order valence-electron chi connectivity index (χ2n) is 5.13. The largest absolute Gasteiger partial charge is 0.454 e. The zero-order valence-electron chi connectivity index (χ0n) is 11.3. The molecule has 0 saturated carbocycles. The van der Waals surface area contributed by atoms with Crippen molar-refractivity contribution in [3.8, 4) is 22.1 Å². The van der Waals surface area contributed by atoms with Crippen molar-refractivity contribution in [1.82, 2.24) is 10.3 Å². The van der Waals surface area contributed by atoms with Crippen molar-refractivity contribution in [2.24, 2.45) is 0 Å². The molecule has 1 aliphatic heterocycles. The van der Waals surface area contributed by atoms with Crippen LogP contribution < -0.4 is 14.8 Å². The summed E-state index contributed by atoms with van der Waals surface area (Å²) in [5, 5.41) is 4.45. The molecule has 1 aliphatic carbocycles. The van der Waals surface area contributed by atoms with E-state index in [2.05, 4.69) is 11.4 Å². The highest BCUT2D eigenvalue weighted by Crippen LogP contribution is 2.40. The van der Waals surface area contributed by atoms with Crippen molar-refractivity contribution in [2.75, 3.05) is 13.8 Å². The summed E-state index contributed by atoms with van der Waals surface area (Å²) >= 11 is 1.81. The normalized spacial score (nSPS) is 19.9. The molecule has 2 heterocycles. The van der Waals surface area contributed by atoms with E-state index in [1.165, 1.54) is 23.4 Å². The molecule has 1 aromatic carbocycles. The monoisotopic (exact) mass is 288 g/mol. The Morgan fingerprint density at radius 3 is 3.10 bits per heavy atom. The van der Waals surface area contributed by atoms with E-state index in [1.807, 2.05) is 19.2 Å². The van der Waals surface area contributed by atoms with Crippen LogP contribution in [0.2, 0.25) is 0 Å². The summed E-state index contributed by atoms with van der Waals surface area (Å²) in [7, 11) is 2.01. The SMILES string of the molecule is CNC1CCCc2sc(-c3ccc4c(c3)OCO4)nc21. The molecule has 20 heavy (non-hydrogen) atoms. The van der Waals surface area contributed by atoms with E-state index in [9.17, 15) is 0 Å².